The maximum Gasteiger partial charge on any atom is 0.314 e. The molecule has 0 heterocycles. The van der Waals surface area contributed by atoms with Crippen LogP contribution in [0.3, 0.4) is 0 Å². The van der Waals surface area contributed by atoms with Gasteiger partial charge < -0.3 is 29.9 Å². The summed E-state index contributed by atoms with van der Waals surface area (Å²) < 4.78 is 10.5. The molecule has 0 bridgehead atoms. The SMILES string of the molecule is COC(=O)[C@]1(C)[C@H](O)C[C@H](O)[C@]2(C)c3c(O)cc(C(C)C)cc3[C@H](O)[C@H](OC(C)=O)[C@@H]12. The fraction of sp³-hybridized carbons (Fsp3) is 0.652. The van der Waals surface area contributed by atoms with E-state index >= 15 is 0 Å². The third kappa shape index (κ3) is 3.23. The van der Waals surface area contributed by atoms with E-state index in [0.717, 1.165) is 5.56 Å². The predicted molar refractivity (Wildman–Crippen MR) is 110 cm³/mol. The molecule has 2 aliphatic carbocycles. The van der Waals surface area contributed by atoms with Crippen LogP contribution in [0.4, 0.5) is 0 Å². The largest absolute Gasteiger partial charge is 0.508 e. The number of methoxy groups -OCH3 is 1. The summed E-state index contributed by atoms with van der Waals surface area (Å²) in [7, 11) is 1.18. The molecule has 1 aromatic rings. The number of fused-ring (bicyclic) bond motifs is 3. The van der Waals surface area contributed by atoms with Gasteiger partial charge in [-0.25, -0.2) is 0 Å². The maximum absolute atomic E-state index is 12.9. The molecule has 4 N–H and O–H groups in total. The lowest BCUT2D eigenvalue weighted by atomic mass is 9.46. The molecular weight excluding hydrogens is 404 g/mol. The van der Waals surface area contributed by atoms with Crippen LogP contribution in [-0.4, -0.2) is 57.8 Å². The molecule has 0 unspecified atom stereocenters. The van der Waals surface area contributed by atoms with Gasteiger partial charge in [-0.1, -0.05) is 26.8 Å². The highest BCUT2D eigenvalue weighted by Gasteiger charge is 2.69. The number of hydrogen-bond donors (Lipinski definition) is 4. The first-order valence-corrected chi connectivity index (χ1v) is 10.5. The summed E-state index contributed by atoms with van der Waals surface area (Å²) in [5.74, 6) is -2.60. The Morgan fingerprint density at radius 1 is 1.13 bits per heavy atom. The number of carbonyl (C=O) groups excluding carboxylic acids is 2. The number of aromatic hydroxyl groups is 1. The number of rotatable bonds is 3. The maximum atomic E-state index is 12.9. The first-order chi connectivity index (χ1) is 14.3. The Morgan fingerprint density at radius 2 is 1.74 bits per heavy atom. The van der Waals surface area contributed by atoms with Crippen molar-refractivity contribution in [3.63, 3.8) is 0 Å². The number of carbonyl (C=O) groups is 2. The summed E-state index contributed by atoms with van der Waals surface area (Å²) in [6.07, 6.45) is -5.32. The standard InChI is InChI=1S/C23H32O8/c1-10(2)12-7-13-17(14(25)8-12)22(4)15(26)9-16(27)23(5,21(29)30-6)20(22)19(18(13)28)31-11(3)24/h7-8,10,15-16,18-20,25-28H,9H2,1-6H3/t15-,16+,18-,19-,20+,22+,23+/m0/s1. The Bertz CT molecular complexity index is 896. The second-order valence-corrected chi connectivity index (χ2v) is 9.48. The Hall–Kier alpha value is -2.16. The van der Waals surface area contributed by atoms with Crippen molar-refractivity contribution in [3.05, 3.63) is 28.8 Å². The van der Waals surface area contributed by atoms with E-state index in [9.17, 15) is 30.0 Å². The van der Waals surface area contributed by atoms with E-state index in [-0.39, 0.29) is 23.7 Å². The van der Waals surface area contributed by atoms with Gasteiger partial charge in [-0.05, 0) is 30.0 Å². The van der Waals surface area contributed by atoms with Gasteiger partial charge in [0.1, 0.15) is 18.0 Å². The van der Waals surface area contributed by atoms with Crippen molar-refractivity contribution in [2.45, 2.75) is 76.8 Å². The van der Waals surface area contributed by atoms with Crippen molar-refractivity contribution in [3.8, 4) is 5.75 Å². The molecule has 0 spiro atoms. The van der Waals surface area contributed by atoms with Crippen molar-refractivity contribution in [2.24, 2.45) is 11.3 Å². The summed E-state index contributed by atoms with van der Waals surface area (Å²) in [6.45, 7) is 8.19. The van der Waals surface area contributed by atoms with Crippen LogP contribution in [0.15, 0.2) is 12.1 Å². The van der Waals surface area contributed by atoms with E-state index in [1.54, 1.807) is 19.1 Å². The molecule has 0 amide bonds. The minimum absolute atomic E-state index is 0.0412. The van der Waals surface area contributed by atoms with E-state index in [0.29, 0.717) is 5.56 Å². The van der Waals surface area contributed by atoms with Gasteiger partial charge in [-0.15, -0.1) is 0 Å². The zero-order valence-electron chi connectivity index (χ0n) is 18.7. The van der Waals surface area contributed by atoms with Gasteiger partial charge in [0.2, 0.25) is 0 Å². The van der Waals surface area contributed by atoms with Gasteiger partial charge in [0.15, 0.2) is 0 Å². The minimum atomic E-state index is -1.62. The lowest BCUT2D eigenvalue weighted by molar-refractivity contribution is -0.219. The summed E-state index contributed by atoms with van der Waals surface area (Å²) >= 11 is 0. The first-order valence-electron chi connectivity index (χ1n) is 10.5. The average Bonchev–Trinajstić information content (AvgIpc) is 2.68. The lowest BCUT2D eigenvalue weighted by Crippen LogP contribution is -2.69. The van der Waals surface area contributed by atoms with Gasteiger partial charge in [0.25, 0.3) is 0 Å². The Balaban J connectivity index is 2.39. The number of hydrogen-bond acceptors (Lipinski definition) is 8. The smallest absolute Gasteiger partial charge is 0.314 e. The molecule has 8 heteroatoms. The number of benzene rings is 1. The van der Waals surface area contributed by atoms with Crippen LogP contribution in [0.25, 0.3) is 0 Å². The molecule has 1 aromatic carbocycles. The first kappa shape index (κ1) is 23.5. The highest BCUT2D eigenvalue weighted by atomic mass is 16.6. The topological polar surface area (TPSA) is 134 Å². The molecule has 3 rings (SSSR count). The average molecular weight is 437 g/mol. The van der Waals surface area contributed by atoms with Crippen LogP contribution < -0.4 is 0 Å². The normalized spacial score (nSPS) is 37.0. The van der Waals surface area contributed by atoms with Crippen molar-refractivity contribution < 1.29 is 39.5 Å². The van der Waals surface area contributed by atoms with Crippen molar-refractivity contribution in [2.75, 3.05) is 7.11 Å². The van der Waals surface area contributed by atoms with E-state index < -0.39 is 53.1 Å². The fourth-order valence-corrected chi connectivity index (χ4v) is 5.73. The zero-order valence-corrected chi connectivity index (χ0v) is 18.7. The highest BCUT2D eigenvalue weighted by Crippen LogP contribution is 2.62. The van der Waals surface area contributed by atoms with Crippen LogP contribution in [0, 0.1) is 11.3 Å². The molecule has 2 aliphatic rings. The zero-order chi connectivity index (χ0) is 23.5. The molecular formula is C23H32O8. The lowest BCUT2D eigenvalue weighted by Gasteiger charge is -2.60. The number of aliphatic hydroxyl groups is 3. The van der Waals surface area contributed by atoms with E-state index in [1.165, 1.54) is 21.0 Å². The van der Waals surface area contributed by atoms with Crippen LogP contribution in [-0.2, 0) is 24.5 Å². The molecule has 0 aliphatic heterocycles. The Labute approximate surface area is 181 Å². The second-order valence-electron chi connectivity index (χ2n) is 9.48. The van der Waals surface area contributed by atoms with Crippen molar-refractivity contribution in [1.82, 2.24) is 0 Å². The number of phenols is 1. The number of esters is 2. The van der Waals surface area contributed by atoms with Gasteiger partial charge in [-0.2, -0.15) is 0 Å². The number of aliphatic hydroxyl groups excluding tert-OH is 3. The highest BCUT2D eigenvalue weighted by molar-refractivity contribution is 5.79. The van der Waals surface area contributed by atoms with E-state index in [1.807, 2.05) is 13.8 Å². The van der Waals surface area contributed by atoms with Gasteiger partial charge in [-0.3, -0.25) is 9.59 Å². The summed E-state index contributed by atoms with van der Waals surface area (Å²) in [4.78, 5) is 24.9. The third-order valence-corrected chi connectivity index (χ3v) is 7.38. The Morgan fingerprint density at radius 3 is 2.26 bits per heavy atom. The van der Waals surface area contributed by atoms with E-state index in [2.05, 4.69) is 0 Å². The number of ether oxygens (including phenoxy) is 2. The van der Waals surface area contributed by atoms with Gasteiger partial charge in [0, 0.05) is 30.2 Å². The molecule has 8 nitrogen and oxygen atoms in total. The number of phenolic OH excluding ortho intramolecular Hbond substituents is 1. The summed E-state index contributed by atoms with van der Waals surface area (Å²) in [5.41, 5.74) is -1.56. The van der Waals surface area contributed by atoms with Gasteiger partial charge >= 0.3 is 11.9 Å². The molecule has 0 aromatic heterocycles. The van der Waals surface area contributed by atoms with Crippen molar-refractivity contribution >= 4 is 11.9 Å². The summed E-state index contributed by atoms with van der Waals surface area (Å²) in [6, 6.07) is 3.31. The molecule has 1 fully saturated rings. The molecule has 31 heavy (non-hydrogen) atoms. The fourth-order valence-electron chi connectivity index (χ4n) is 5.73. The van der Waals surface area contributed by atoms with E-state index in [4.69, 9.17) is 9.47 Å². The third-order valence-electron chi connectivity index (χ3n) is 7.38. The molecule has 0 saturated heterocycles. The quantitative estimate of drug-likeness (QED) is 0.526. The molecule has 7 atom stereocenters. The van der Waals surface area contributed by atoms with Crippen LogP contribution in [0.5, 0.6) is 5.75 Å². The Kier molecular flexibility index (Phi) is 5.88. The van der Waals surface area contributed by atoms with Crippen LogP contribution in [0.1, 0.15) is 69.8 Å². The minimum Gasteiger partial charge on any atom is -0.508 e. The van der Waals surface area contributed by atoms with Crippen LogP contribution in [0.2, 0.25) is 0 Å². The van der Waals surface area contributed by atoms with Crippen LogP contribution >= 0.6 is 0 Å². The summed E-state index contributed by atoms with van der Waals surface area (Å²) in [5, 5.41) is 44.4. The molecule has 172 valence electrons. The molecule has 1 saturated carbocycles. The predicted octanol–water partition coefficient (Wildman–Crippen LogP) is 1.67. The van der Waals surface area contributed by atoms with Gasteiger partial charge in [0.05, 0.1) is 24.7 Å². The van der Waals surface area contributed by atoms with Crippen molar-refractivity contribution in [1.29, 1.82) is 0 Å². The second kappa shape index (κ2) is 7.76. The molecule has 0 radical (unpaired) electrons. The monoisotopic (exact) mass is 436 g/mol.